The van der Waals surface area contributed by atoms with Crippen LogP contribution in [-0.2, 0) is 21.5 Å². The summed E-state index contributed by atoms with van der Waals surface area (Å²) in [6.07, 6.45) is 0.630. The molecule has 0 spiro atoms. The maximum absolute atomic E-state index is 13.0. The molecule has 1 aliphatic rings. The lowest BCUT2D eigenvalue weighted by atomic mass is 10.2. The van der Waals surface area contributed by atoms with Gasteiger partial charge in [0.1, 0.15) is 11.5 Å². The Hall–Kier alpha value is -2.33. The van der Waals surface area contributed by atoms with E-state index >= 15 is 0 Å². The number of carbonyl (C=O) groups excluding carboxylic acids is 1. The number of hydrogen-bond donors (Lipinski definition) is 1. The van der Waals surface area contributed by atoms with E-state index in [9.17, 15) is 13.2 Å². The molecule has 0 aliphatic carbocycles. The van der Waals surface area contributed by atoms with Gasteiger partial charge in [-0.3, -0.25) is 4.79 Å². The van der Waals surface area contributed by atoms with E-state index in [2.05, 4.69) is 5.32 Å². The molecule has 2 aromatic rings. The van der Waals surface area contributed by atoms with Crippen LogP contribution in [0.3, 0.4) is 0 Å². The Morgan fingerprint density at radius 1 is 1.10 bits per heavy atom. The molecule has 1 heterocycles. The number of methoxy groups -OCH3 is 2. The van der Waals surface area contributed by atoms with Gasteiger partial charge in [0.2, 0.25) is 5.91 Å². The molecule has 0 saturated carbocycles. The van der Waals surface area contributed by atoms with Crippen molar-refractivity contribution in [3.8, 4) is 11.5 Å². The highest BCUT2D eigenvalue weighted by atomic mass is 35.5. The van der Waals surface area contributed by atoms with Crippen molar-refractivity contribution in [2.24, 2.45) is 0 Å². The summed E-state index contributed by atoms with van der Waals surface area (Å²) in [7, 11) is -0.709. The lowest BCUT2D eigenvalue weighted by molar-refractivity contribution is -0.116. The molecule has 1 aliphatic heterocycles. The fourth-order valence-electron chi connectivity index (χ4n) is 3.22. The Labute approximate surface area is 181 Å². The molecule has 1 saturated heterocycles. The van der Waals surface area contributed by atoms with Crippen LogP contribution in [0.2, 0.25) is 5.02 Å². The number of benzene rings is 2. The van der Waals surface area contributed by atoms with Gasteiger partial charge >= 0.3 is 0 Å². The summed E-state index contributed by atoms with van der Waals surface area (Å²) in [5.41, 5.74) is 1.28. The molecule has 1 amide bonds. The van der Waals surface area contributed by atoms with Gasteiger partial charge in [-0.2, -0.15) is 17.0 Å². The molecule has 0 unspecified atom stereocenters. The Morgan fingerprint density at radius 3 is 2.57 bits per heavy atom. The van der Waals surface area contributed by atoms with Gasteiger partial charge in [0.15, 0.2) is 0 Å². The quantitative estimate of drug-likeness (QED) is 0.696. The molecule has 10 heteroatoms. The predicted molar refractivity (Wildman–Crippen MR) is 115 cm³/mol. The minimum absolute atomic E-state index is 0.214. The van der Waals surface area contributed by atoms with Crippen LogP contribution in [0.4, 0.5) is 5.69 Å². The summed E-state index contributed by atoms with van der Waals surface area (Å²) in [6.45, 7) is 0.617. The van der Waals surface area contributed by atoms with Crippen LogP contribution in [0.1, 0.15) is 12.0 Å². The van der Waals surface area contributed by atoms with Gasteiger partial charge < -0.3 is 14.8 Å². The Balaban J connectivity index is 1.66. The highest BCUT2D eigenvalue weighted by Crippen LogP contribution is 2.27. The highest BCUT2D eigenvalue weighted by molar-refractivity contribution is 7.86. The van der Waals surface area contributed by atoms with Gasteiger partial charge in [-0.1, -0.05) is 23.7 Å². The van der Waals surface area contributed by atoms with E-state index in [0.29, 0.717) is 35.2 Å². The fraction of sp³-hybridized carbons (Fsp3) is 0.350. The van der Waals surface area contributed by atoms with Gasteiger partial charge in [-0.05, 0) is 42.3 Å². The topological polar surface area (TPSA) is 88.2 Å². The maximum atomic E-state index is 13.0. The first kappa shape index (κ1) is 22.4. The standard InChI is InChI=1S/C20H24ClN3O5S/c1-28-17-6-3-5-15(11-17)13-23-9-4-10-24(30(23,26)27)14-20(25)22-16-7-8-19(29-2)18(21)12-16/h3,5-8,11-12H,4,9-10,13-14H2,1-2H3,(H,22,25). The number of anilines is 1. The van der Waals surface area contributed by atoms with Gasteiger partial charge in [-0.15, -0.1) is 0 Å². The van der Waals surface area contributed by atoms with Crippen LogP contribution in [0, 0.1) is 0 Å². The van der Waals surface area contributed by atoms with Crippen LogP contribution >= 0.6 is 11.6 Å². The second-order valence-corrected chi connectivity index (χ2v) is 9.11. The predicted octanol–water partition coefficient (Wildman–Crippen LogP) is 2.75. The van der Waals surface area contributed by atoms with Gasteiger partial charge in [-0.25, -0.2) is 0 Å². The summed E-state index contributed by atoms with van der Waals surface area (Å²) in [4.78, 5) is 12.5. The second kappa shape index (κ2) is 9.65. The van der Waals surface area contributed by atoms with Crippen LogP contribution in [0.15, 0.2) is 42.5 Å². The normalized spacial score (nSPS) is 16.8. The largest absolute Gasteiger partial charge is 0.497 e. The number of rotatable bonds is 7. The molecule has 0 aromatic heterocycles. The van der Waals surface area contributed by atoms with Gasteiger partial charge in [0, 0.05) is 25.3 Å². The number of hydrogen-bond acceptors (Lipinski definition) is 5. The lowest BCUT2D eigenvalue weighted by Crippen LogP contribution is -2.51. The monoisotopic (exact) mass is 453 g/mol. The average Bonchev–Trinajstić information content (AvgIpc) is 2.71. The third-order valence-corrected chi connectivity index (χ3v) is 6.94. The average molecular weight is 454 g/mol. The summed E-state index contributed by atoms with van der Waals surface area (Å²) in [5, 5.41) is 3.03. The van der Waals surface area contributed by atoms with Crippen molar-refractivity contribution in [2.75, 3.05) is 39.2 Å². The second-order valence-electron chi connectivity index (χ2n) is 6.78. The number of amides is 1. The molecular weight excluding hydrogens is 430 g/mol. The Bertz CT molecular complexity index is 1020. The molecular formula is C20H24ClN3O5S. The summed E-state index contributed by atoms with van der Waals surface area (Å²) in [5.74, 6) is 0.709. The third kappa shape index (κ3) is 5.23. The van der Waals surface area contributed by atoms with Crippen LogP contribution in [0.5, 0.6) is 11.5 Å². The van der Waals surface area contributed by atoms with Gasteiger partial charge in [0.25, 0.3) is 10.2 Å². The number of halogens is 1. The van der Waals surface area contributed by atoms with Crippen molar-refractivity contribution >= 4 is 33.4 Å². The summed E-state index contributed by atoms with van der Waals surface area (Å²) < 4.78 is 38.9. The number of nitrogens with zero attached hydrogens (tertiary/aromatic N) is 2. The van der Waals surface area contributed by atoms with E-state index in [1.54, 1.807) is 37.4 Å². The minimum Gasteiger partial charge on any atom is -0.497 e. The van der Waals surface area contributed by atoms with E-state index < -0.39 is 16.1 Å². The van der Waals surface area contributed by atoms with Crippen molar-refractivity contribution < 1.29 is 22.7 Å². The van der Waals surface area contributed by atoms with E-state index in [0.717, 1.165) is 5.56 Å². The molecule has 162 valence electrons. The number of ether oxygens (including phenoxy) is 2. The fourth-order valence-corrected chi connectivity index (χ4v) is 5.11. The van der Waals surface area contributed by atoms with Crippen LogP contribution < -0.4 is 14.8 Å². The molecule has 30 heavy (non-hydrogen) atoms. The van der Waals surface area contributed by atoms with Crippen LogP contribution in [-0.4, -0.2) is 56.8 Å². The molecule has 0 atom stereocenters. The first-order chi connectivity index (χ1) is 14.3. The molecule has 3 rings (SSSR count). The molecule has 0 bridgehead atoms. The van der Waals surface area contributed by atoms with Crippen molar-refractivity contribution in [3.05, 3.63) is 53.1 Å². The summed E-state index contributed by atoms with van der Waals surface area (Å²) >= 11 is 6.07. The zero-order valence-corrected chi connectivity index (χ0v) is 18.4. The number of nitrogens with one attached hydrogen (secondary N) is 1. The maximum Gasteiger partial charge on any atom is 0.282 e. The molecule has 8 nitrogen and oxygen atoms in total. The molecule has 2 aromatic carbocycles. The zero-order chi connectivity index (χ0) is 21.7. The molecule has 1 N–H and O–H groups in total. The van der Waals surface area contributed by atoms with E-state index in [1.165, 1.54) is 15.7 Å². The Kier molecular flexibility index (Phi) is 7.19. The van der Waals surface area contributed by atoms with Gasteiger partial charge in [0.05, 0.1) is 25.8 Å². The zero-order valence-electron chi connectivity index (χ0n) is 16.8. The molecule has 0 radical (unpaired) electrons. The SMILES string of the molecule is COc1cccc(CN2CCCN(CC(=O)Nc3ccc(OC)c(Cl)c3)S2(=O)=O)c1. The van der Waals surface area contributed by atoms with E-state index in [4.69, 9.17) is 21.1 Å². The smallest absolute Gasteiger partial charge is 0.282 e. The highest BCUT2D eigenvalue weighted by Gasteiger charge is 2.34. The van der Waals surface area contributed by atoms with Crippen molar-refractivity contribution in [2.45, 2.75) is 13.0 Å². The van der Waals surface area contributed by atoms with Crippen molar-refractivity contribution in [3.63, 3.8) is 0 Å². The first-order valence-electron chi connectivity index (χ1n) is 9.35. The third-order valence-electron chi connectivity index (χ3n) is 4.72. The van der Waals surface area contributed by atoms with Crippen molar-refractivity contribution in [1.29, 1.82) is 0 Å². The summed E-state index contributed by atoms with van der Waals surface area (Å²) in [6, 6.07) is 12.1. The lowest BCUT2D eigenvalue weighted by Gasteiger charge is -2.34. The van der Waals surface area contributed by atoms with Crippen LogP contribution in [0.25, 0.3) is 0 Å². The van der Waals surface area contributed by atoms with E-state index in [1.807, 2.05) is 12.1 Å². The van der Waals surface area contributed by atoms with Crippen molar-refractivity contribution in [1.82, 2.24) is 8.61 Å². The van der Waals surface area contributed by atoms with E-state index in [-0.39, 0.29) is 19.6 Å². The molecule has 1 fully saturated rings. The Morgan fingerprint density at radius 2 is 1.87 bits per heavy atom. The first-order valence-corrected chi connectivity index (χ1v) is 11.1. The minimum atomic E-state index is -3.77. The number of carbonyl (C=O) groups is 1.